The summed E-state index contributed by atoms with van der Waals surface area (Å²) in [6, 6.07) is 6.84. The summed E-state index contributed by atoms with van der Waals surface area (Å²) in [5.41, 5.74) is 1.94. The molecule has 2 heterocycles. The van der Waals surface area contributed by atoms with E-state index in [-0.39, 0.29) is 12.1 Å². The Hall–Kier alpha value is -2.87. The molecule has 0 saturated carbocycles. The average molecular weight is 372 g/mol. The highest BCUT2D eigenvalue weighted by Gasteiger charge is 2.26. The summed E-state index contributed by atoms with van der Waals surface area (Å²) in [4.78, 5) is 37.1. The number of oxazole rings is 1. The van der Waals surface area contributed by atoms with Crippen LogP contribution in [-0.2, 0) is 24.2 Å². The van der Waals surface area contributed by atoms with Crippen molar-refractivity contribution < 1.29 is 19.1 Å². The molecule has 1 aliphatic rings. The van der Waals surface area contributed by atoms with Crippen LogP contribution < -0.4 is 11.1 Å². The van der Waals surface area contributed by atoms with Gasteiger partial charge in [-0.15, -0.1) is 11.3 Å². The second-order valence-electron chi connectivity index (χ2n) is 6.19. The molecule has 7 nitrogen and oxygen atoms in total. The summed E-state index contributed by atoms with van der Waals surface area (Å²) in [7, 11) is 0. The van der Waals surface area contributed by atoms with Crippen molar-refractivity contribution in [2.24, 2.45) is 0 Å². The van der Waals surface area contributed by atoms with Gasteiger partial charge in [-0.2, -0.15) is 0 Å². The van der Waals surface area contributed by atoms with Crippen LogP contribution >= 0.6 is 11.3 Å². The number of aromatic carboxylic acids is 1. The zero-order chi connectivity index (χ0) is 18.3. The number of aromatic nitrogens is 1. The number of nitrogens with one attached hydrogen (secondary N) is 1. The number of benzene rings is 1. The number of amides is 1. The van der Waals surface area contributed by atoms with Crippen LogP contribution in [0.3, 0.4) is 0 Å². The van der Waals surface area contributed by atoms with Crippen LogP contribution in [0.5, 0.6) is 0 Å². The van der Waals surface area contributed by atoms with E-state index in [4.69, 9.17) is 4.42 Å². The molecule has 2 aromatic heterocycles. The molecule has 1 amide bonds. The Balaban J connectivity index is 1.63. The number of hydrogen-bond acceptors (Lipinski definition) is 5. The van der Waals surface area contributed by atoms with Gasteiger partial charge in [0.15, 0.2) is 5.58 Å². The van der Waals surface area contributed by atoms with Gasteiger partial charge in [0.05, 0.1) is 11.1 Å². The van der Waals surface area contributed by atoms with Gasteiger partial charge in [-0.25, -0.2) is 9.59 Å². The van der Waals surface area contributed by atoms with Crippen molar-refractivity contribution in [2.75, 3.05) is 5.32 Å². The third-order valence-electron chi connectivity index (χ3n) is 4.51. The average Bonchev–Trinajstić information content (AvgIpc) is 3.12. The summed E-state index contributed by atoms with van der Waals surface area (Å²) in [6.07, 6.45) is 3.53. The summed E-state index contributed by atoms with van der Waals surface area (Å²) in [5.74, 6) is -2.12. The molecule has 0 aliphatic heterocycles. The Kier molecular flexibility index (Phi) is 4.12. The highest BCUT2D eigenvalue weighted by molar-refractivity contribution is 7.17. The summed E-state index contributed by atoms with van der Waals surface area (Å²) >= 11 is 1.32. The zero-order valence-corrected chi connectivity index (χ0v) is 14.6. The maximum absolute atomic E-state index is 12.5. The van der Waals surface area contributed by atoms with Crippen LogP contribution in [0, 0.1) is 0 Å². The van der Waals surface area contributed by atoms with Crippen molar-refractivity contribution in [1.29, 1.82) is 0 Å². The maximum Gasteiger partial charge on any atom is 0.420 e. The highest BCUT2D eigenvalue weighted by atomic mass is 32.1. The van der Waals surface area contributed by atoms with E-state index in [0.29, 0.717) is 16.1 Å². The van der Waals surface area contributed by atoms with Crippen molar-refractivity contribution in [1.82, 2.24) is 4.57 Å². The lowest BCUT2D eigenvalue weighted by Gasteiger charge is -2.10. The van der Waals surface area contributed by atoms with Crippen LogP contribution in [0.25, 0.3) is 11.1 Å². The molecule has 0 saturated heterocycles. The quantitative estimate of drug-likeness (QED) is 0.733. The monoisotopic (exact) mass is 372 g/mol. The van der Waals surface area contributed by atoms with E-state index in [1.807, 2.05) is 0 Å². The second kappa shape index (κ2) is 6.45. The predicted molar refractivity (Wildman–Crippen MR) is 97.0 cm³/mol. The molecule has 2 N–H and O–H groups in total. The second-order valence-corrected chi connectivity index (χ2v) is 7.30. The van der Waals surface area contributed by atoms with Crippen molar-refractivity contribution in [3.05, 3.63) is 50.8 Å². The number of carboxylic acids is 1. The molecule has 0 unspecified atom stereocenters. The largest absolute Gasteiger partial charge is 0.478 e. The van der Waals surface area contributed by atoms with E-state index in [1.54, 1.807) is 24.3 Å². The lowest BCUT2D eigenvalue weighted by Crippen LogP contribution is -2.25. The molecule has 8 heteroatoms. The fraction of sp³-hybridized carbons (Fsp3) is 0.278. The molecule has 4 rings (SSSR count). The van der Waals surface area contributed by atoms with E-state index >= 15 is 0 Å². The fourth-order valence-corrected chi connectivity index (χ4v) is 4.65. The molecular weight excluding hydrogens is 356 g/mol. The number of carboxylic acid groups (broad SMARTS) is 1. The Bertz CT molecular complexity index is 1080. The SMILES string of the molecule is O=C(Cn1c(=O)oc2ccccc21)Nc1sc2c(c1C(=O)O)CCCC2. The van der Waals surface area contributed by atoms with E-state index in [0.717, 1.165) is 36.1 Å². The van der Waals surface area contributed by atoms with Gasteiger partial charge in [0.1, 0.15) is 11.5 Å². The molecule has 0 spiro atoms. The maximum atomic E-state index is 12.5. The molecule has 134 valence electrons. The number of hydrogen-bond donors (Lipinski definition) is 2. The number of rotatable bonds is 4. The van der Waals surface area contributed by atoms with Gasteiger partial charge in [0, 0.05) is 4.88 Å². The minimum absolute atomic E-state index is 0.183. The summed E-state index contributed by atoms with van der Waals surface area (Å²) in [6.45, 7) is -0.239. The number of aryl methyl sites for hydroxylation is 1. The molecule has 26 heavy (non-hydrogen) atoms. The van der Waals surface area contributed by atoms with Crippen molar-refractivity contribution in [3.63, 3.8) is 0 Å². The standard InChI is InChI=1S/C18H16N2O5S/c21-14(9-20-11-6-2-3-7-12(11)25-18(20)24)19-16-15(17(22)23)10-5-1-4-8-13(10)26-16/h2-3,6-7H,1,4-5,8-9H2,(H,19,21)(H,22,23). The van der Waals surface area contributed by atoms with Crippen LogP contribution in [-0.4, -0.2) is 21.6 Å². The Morgan fingerprint density at radius 1 is 1.23 bits per heavy atom. The van der Waals surface area contributed by atoms with Gasteiger partial charge >= 0.3 is 11.7 Å². The number of carbonyl (C=O) groups excluding carboxylic acids is 1. The van der Waals surface area contributed by atoms with Gasteiger partial charge in [-0.1, -0.05) is 12.1 Å². The summed E-state index contributed by atoms with van der Waals surface area (Å²) in [5, 5.41) is 12.6. The zero-order valence-electron chi connectivity index (χ0n) is 13.8. The molecule has 0 radical (unpaired) electrons. The first kappa shape index (κ1) is 16.6. The molecule has 3 aromatic rings. The van der Waals surface area contributed by atoms with Gasteiger partial charge in [0.2, 0.25) is 5.91 Å². The van der Waals surface area contributed by atoms with Crippen LogP contribution in [0.4, 0.5) is 5.00 Å². The fourth-order valence-electron chi connectivity index (χ4n) is 3.35. The number of para-hydroxylation sites is 2. The smallest absolute Gasteiger partial charge is 0.420 e. The Labute approximate surface area is 151 Å². The van der Waals surface area contributed by atoms with Gasteiger partial charge < -0.3 is 14.8 Å². The predicted octanol–water partition coefficient (Wildman–Crippen LogP) is 2.87. The topological polar surface area (TPSA) is 102 Å². The number of thiophene rings is 1. The molecule has 0 bridgehead atoms. The Morgan fingerprint density at radius 2 is 2.00 bits per heavy atom. The summed E-state index contributed by atoms with van der Waals surface area (Å²) < 4.78 is 6.35. The lowest BCUT2D eigenvalue weighted by atomic mass is 9.95. The number of anilines is 1. The number of nitrogens with zero attached hydrogens (tertiary/aromatic N) is 1. The van der Waals surface area contributed by atoms with Crippen LogP contribution in [0.15, 0.2) is 33.5 Å². The molecule has 1 aliphatic carbocycles. The first-order valence-electron chi connectivity index (χ1n) is 8.30. The Morgan fingerprint density at radius 3 is 2.81 bits per heavy atom. The molecular formula is C18H16N2O5S. The van der Waals surface area contributed by atoms with Crippen LogP contribution in [0.2, 0.25) is 0 Å². The van der Waals surface area contributed by atoms with E-state index < -0.39 is 17.6 Å². The van der Waals surface area contributed by atoms with Gasteiger partial charge in [0.25, 0.3) is 0 Å². The van der Waals surface area contributed by atoms with Gasteiger partial charge in [-0.05, 0) is 43.4 Å². The first-order valence-corrected chi connectivity index (χ1v) is 9.12. The van der Waals surface area contributed by atoms with Crippen LogP contribution in [0.1, 0.15) is 33.6 Å². The molecule has 0 fully saturated rings. The minimum Gasteiger partial charge on any atom is -0.478 e. The lowest BCUT2D eigenvalue weighted by molar-refractivity contribution is -0.116. The minimum atomic E-state index is -1.04. The number of fused-ring (bicyclic) bond motifs is 2. The van der Waals surface area contributed by atoms with E-state index in [1.165, 1.54) is 15.9 Å². The van der Waals surface area contributed by atoms with Crippen molar-refractivity contribution >= 4 is 39.3 Å². The van der Waals surface area contributed by atoms with Crippen molar-refractivity contribution in [3.8, 4) is 0 Å². The third-order valence-corrected chi connectivity index (χ3v) is 5.72. The van der Waals surface area contributed by atoms with E-state index in [9.17, 15) is 19.5 Å². The highest BCUT2D eigenvalue weighted by Crippen LogP contribution is 2.38. The first-order chi connectivity index (χ1) is 12.5. The third kappa shape index (κ3) is 2.82. The number of carbonyl (C=O) groups is 2. The molecule has 0 atom stereocenters. The van der Waals surface area contributed by atoms with Crippen molar-refractivity contribution in [2.45, 2.75) is 32.2 Å². The normalized spacial score (nSPS) is 13.5. The van der Waals surface area contributed by atoms with E-state index in [2.05, 4.69) is 5.32 Å². The van der Waals surface area contributed by atoms with Gasteiger partial charge in [-0.3, -0.25) is 9.36 Å². The molecule has 1 aromatic carbocycles.